The molecule has 0 spiro atoms. The molecule has 1 saturated heterocycles. The highest BCUT2D eigenvalue weighted by Gasteiger charge is 2.21. The summed E-state index contributed by atoms with van der Waals surface area (Å²) in [7, 11) is -3.53. The Kier molecular flexibility index (Phi) is 4.31. The summed E-state index contributed by atoms with van der Waals surface area (Å²) >= 11 is 0. The average molecular weight is 273 g/mol. The molecule has 4 nitrogen and oxygen atoms in total. The highest BCUT2D eigenvalue weighted by atomic mass is 32.2. The largest absolute Gasteiger partial charge is 0.380 e. The van der Waals surface area contributed by atoms with Crippen molar-refractivity contribution >= 4 is 10.0 Å². The first-order chi connectivity index (χ1) is 8.57. The van der Waals surface area contributed by atoms with Gasteiger partial charge in [-0.15, -0.1) is 0 Å². The minimum Gasteiger partial charge on any atom is -0.380 e. The maximum absolute atomic E-state index is 13.4. The Balaban J connectivity index is 2.01. The van der Waals surface area contributed by atoms with Gasteiger partial charge < -0.3 is 4.74 Å². The van der Waals surface area contributed by atoms with Crippen LogP contribution in [0.2, 0.25) is 0 Å². The zero-order valence-electron chi connectivity index (χ0n) is 9.93. The molecule has 1 aromatic carbocycles. The van der Waals surface area contributed by atoms with Crippen molar-refractivity contribution in [3.63, 3.8) is 0 Å². The molecule has 6 heteroatoms. The maximum atomic E-state index is 13.4. The van der Waals surface area contributed by atoms with Crippen LogP contribution in [0, 0.1) is 5.82 Å². The first kappa shape index (κ1) is 13.5. The molecule has 1 atom stereocenters. The van der Waals surface area contributed by atoms with Crippen LogP contribution in [0.4, 0.5) is 4.39 Å². The van der Waals surface area contributed by atoms with Crippen LogP contribution >= 0.6 is 0 Å². The first-order valence-corrected chi connectivity index (χ1v) is 7.53. The highest BCUT2D eigenvalue weighted by Crippen LogP contribution is 2.12. The fourth-order valence-electron chi connectivity index (χ4n) is 1.95. The Bertz CT molecular complexity index is 498. The van der Waals surface area contributed by atoms with Crippen molar-refractivity contribution in [3.05, 3.63) is 35.6 Å². The van der Waals surface area contributed by atoms with Gasteiger partial charge in [-0.05, 0) is 18.9 Å². The van der Waals surface area contributed by atoms with Crippen LogP contribution in [0.3, 0.4) is 0 Å². The minimum absolute atomic E-state index is 0.182. The van der Waals surface area contributed by atoms with Crippen molar-refractivity contribution in [1.29, 1.82) is 0 Å². The fourth-order valence-corrected chi connectivity index (χ4v) is 3.37. The standard InChI is InChI=1S/C12H16FNO3S/c13-12-6-2-1-4-10(12)9-18(15,16)14-11-5-3-7-17-8-11/h1-2,4,6,11,14H,3,5,7-9H2. The Labute approximate surface area is 106 Å². The van der Waals surface area contributed by atoms with Crippen LogP contribution in [0.15, 0.2) is 24.3 Å². The third kappa shape index (κ3) is 3.76. The summed E-state index contributed by atoms with van der Waals surface area (Å²) in [6.45, 7) is 1.06. The molecule has 1 aromatic rings. The Morgan fingerprint density at radius 2 is 2.17 bits per heavy atom. The van der Waals surface area contributed by atoms with Crippen LogP contribution in [0.25, 0.3) is 0 Å². The number of hydrogen-bond acceptors (Lipinski definition) is 3. The lowest BCUT2D eigenvalue weighted by molar-refractivity contribution is 0.0774. The third-order valence-electron chi connectivity index (χ3n) is 2.81. The summed E-state index contributed by atoms with van der Waals surface area (Å²) in [5.74, 6) is -0.835. The Morgan fingerprint density at radius 3 is 2.83 bits per heavy atom. The molecule has 0 aliphatic carbocycles. The van der Waals surface area contributed by atoms with E-state index in [-0.39, 0.29) is 17.4 Å². The van der Waals surface area contributed by atoms with Gasteiger partial charge in [-0.3, -0.25) is 0 Å². The van der Waals surface area contributed by atoms with Crippen LogP contribution < -0.4 is 4.72 Å². The maximum Gasteiger partial charge on any atom is 0.216 e. The molecule has 0 saturated carbocycles. The van der Waals surface area contributed by atoms with E-state index in [1.165, 1.54) is 18.2 Å². The molecule has 1 aliphatic heterocycles. The lowest BCUT2D eigenvalue weighted by Gasteiger charge is -2.23. The van der Waals surface area contributed by atoms with Gasteiger partial charge in [-0.1, -0.05) is 18.2 Å². The van der Waals surface area contributed by atoms with E-state index in [0.29, 0.717) is 13.2 Å². The third-order valence-corrected chi connectivity index (χ3v) is 4.19. The summed E-state index contributed by atoms with van der Waals surface area (Å²) in [6.07, 6.45) is 1.60. The predicted molar refractivity (Wildman–Crippen MR) is 66.0 cm³/mol. The quantitative estimate of drug-likeness (QED) is 0.902. The highest BCUT2D eigenvalue weighted by molar-refractivity contribution is 7.88. The Hall–Kier alpha value is -0.980. The molecular weight excluding hydrogens is 257 g/mol. The van der Waals surface area contributed by atoms with Gasteiger partial charge in [-0.2, -0.15) is 0 Å². The van der Waals surface area contributed by atoms with Crippen molar-refractivity contribution in [3.8, 4) is 0 Å². The first-order valence-electron chi connectivity index (χ1n) is 5.88. The number of ether oxygens (including phenoxy) is 1. The smallest absolute Gasteiger partial charge is 0.216 e. The van der Waals surface area contributed by atoms with Gasteiger partial charge in [0.15, 0.2) is 0 Å². The summed E-state index contributed by atoms with van der Waals surface area (Å²) in [6, 6.07) is 5.70. The summed E-state index contributed by atoms with van der Waals surface area (Å²) in [5.41, 5.74) is 0.182. The molecule has 0 aromatic heterocycles. The van der Waals surface area contributed by atoms with E-state index in [1.807, 2.05) is 0 Å². The average Bonchev–Trinajstić information content (AvgIpc) is 2.32. The number of benzene rings is 1. The predicted octanol–water partition coefficient (Wildman–Crippen LogP) is 1.42. The zero-order valence-corrected chi connectivity index (χ0v) is 10.7. The van der Waals surface area contributed by atoms with Crippen molar-refractivity contribution in [2.75, 3.05) is 13.2 Å². The van der Waals surface area contributed by atoms with E-state index in [9.17, 15) is 12.8 Å². The van der Waals surface area contributed by atoms with E-state index in [1.54, 1.807) is 6.07 Å². The van der Waals surface area contributed by atoms with Crippen LogP contribution in [-0.4, -0.2) is 27.7 Å². The molecule has 0 bridgehead atoms. The lowest BCUT2D eigenvalue weighted by Crippen LogP contribution is -2.41. The monoisotopic (exact) mass is 273 g/mol. The van der Waals surface area contributed by atoms with E-state index >= 15 is 0 Å². The molecule has 18 heavy (non-hydrogen) atoms. The van der Waals surface area contributed by atoms with Crippen LogP contribution in [0.1, 0.15) is 18.4 Å². The molecule has 1 unspecified atom stereocenters. The lowest BCUT2D eigenvalue weighted by atomic mass is 10.1. The van der Waals surface area contributed by atoms with Crippen LogP contribution in [0.5, 0.6) is 0 Å². The van der Waals surface area contributed by atoms with Gasteiger partial charge in [0.25, 0.3) is 0 Å². The van der Waals surface area contributed by atoms with E-state index < -0.39 is 15.8 Å². The second kappa shape index (κ2) is 5.77. The SMILES string of the molecule is O=S(=O)(Cc1ccccc1F)NC1CCCOC1. The molecule has 1 aliphatic rings. The normalized spacial score (nSPS) is 20.8. The topological polar surface area (TPSA) is 55.4 Å². The molecule has 0 amide bonds. The summed E-state index contributed by atoms with van der Waals surface area (Å²) in [5, 5.41) is 0. The number of rotatable bonds is 4. The second-order valence-corrected chi connectivity index (χ2v) is 6.14. The van der Waals surface area contributed by atoms with Gasteiger partial charge in [0.05, 0.1) is 12.4 Å². The van der Waals surface area contributed by atoms with Crippen LogP contribution in [-0.2, 0) is 20.5 Å². The van der Waals surface area contributed by atoms with Gasteiger partial charge in [0.1, 0.15) is 5.82 Å². The number of hydrogen-bond donors (Lipinski definition) is 1. The summed E-state index contributed by atoms with van der Waals surface area (Å²) in [4.78, 5) is 0. The molecule has 1 heterocycles. The molecule has 1 fully saturated rings. The van der Waals surface area contributed by atoms with Gasteiger partial charge in [0.2, 0.25) is 10.0 Å². The van der Waals surface area contributed by atoms with Gasteiger partial charge in [0, 0.05) is 18.2 Å². The van der Waals surface area contributed by atoms with E-state index in [0.717, 1.165) is 12.8 Å². The van der Waals surface area contributed by atoms with Crippen molar-refractivity contribution in [2.24, 2.45) is 0 Å². The fraction of sp³-hybridized carbons (Fsp3) is 0.500. The minimum atomic E-state index is -3.53. The molecule has 100 valence electrons. The Morgan fingerprint density at radius 1 is 1.39 bits per heavy atom. The number of sulfonamides is 1. The molecule has 1 N–H and O–H groups in total. The second-order valence-electron chi connectivity index (χ2n) is 4.38. The van der Waals surface area contributed by atoms with Crippen molar-refractivity contribution < 1.29 is 17.5 Å². The van der Waals surface area contributed by atoms with Gasteiger partial charge >= 0.3 is 0 Å². The summed E-state index contributed by atoms with van der Waals surface area (Å²) < 4.78 is 44.9. The van der Waals surface area contributed by atoms with Crippen molar-refractivity contribution in [1.82, 2.24) is 4.72 Å². The van der Waals surface area contributed by atoms with E-state index in [2.05, 4.69) is 4.72 Å². The number of nitrogens with one attached hydrogen (secondary N) is 1. The van der Waals surface area contributed by atoms with Crippen molar-refractivity contribution in [2.45, 2.75) is 24.6 Å². The zero-order chi connectivity index (χ0) is 13.0. The number of halogens is 1. The molecule has 0 radical (unpaired) electrons. The molecular formula is C12H16FNO3S. The van der Waals surface area contributed by atoms with E-state index in [4.69, 9.17) is 4.74 Å². The molecule has 2 rings (SSSR count). The van der Waals surface area contributed by atoms with Gasteiger partial charge in [-0.25, -0.2) is 17.5 Å².